The molecule has 1 fully saturated rings. The Morgan fingerprint density at radius 2 is 1.90 bits per heavy atom. The summed E-state index contributed by atoms with van der Waals surface area (Å²) in [7, 11) is -2.15. The van der Waals surface area contributed by atoms with Crippen molar-refractivity contribution in [2.24, 2.45) is 5.92 Å². The molecule has 7 heteroatoms. The highest BCUT2D eigenvalue weighted by Gasteiger charge is 2.23. The van der Waals surface area contributed by atoms with Crippen LogP contribution >= 0.6 is 12.4 Å². The predicted molar refractivity (Wildman–Crippen MR) is 118 cm³/mol. The lowest BCUT2D eigenvalue weighted by Crippen LogP contribution is -2.14. The van der Waals surface area contributed by atoms with Crippen molar-refractivity contribution in [2.75, 3.05) is 7.05 Å². The number of rotatable bonds is 5. The largest absolute Gasteiger partial charge is 0.316 e. The van der Waals surface area contributed by atoms with E-state index in [1.54, 1.807) is 55.6 Å². The molecule has 1 heterocycles. The van der Waals surface area contributed by atoms with E-state index in [0.29, 0.717) is 23.7 Å². The van der Waals surface area contributed by atoms with E-state index in [1.165, 1.54) is 12.3 Å². The van der Waals surface area contributed by atoms with Gasteiger partial charge in [-0.2, -0.15) is 0 Å². The van der Waals surface area contributed by atoms with Crippen LogP contribution in [0.1, 0.15) is 24.0 Å². The van der Waals surface area contributed by atoms with Crippen LogP contribution in [0.2, 0.25) is 0 Å². The van der Waals surface area contributed by atoms with Gasteiger partial charge in [0.2, 0.25) is 0 Å². The number of hydrogen-bond acceptors (Lipinski definition) is 3. The third-order valence-electron chi connectivity index (χ3n) is 4.76. The number of hydrogen-bond donors (Lipinski definition) is 1. The lowest BCUT2D eigenvalue weighted by atomic mass is 10.1. The summed E-state index contributed by atoms with van der Waals surface area (Å²) in [5, 5.41) is 3.00. The molecule has 0 radical (unpaired) electrons. The second-order valence-electron chi connectivity index (χ2n) is 7.12. The van der Waals surface area contributed by atoms with Crippen molar-refractivity contribution in [1.29, 1.82) is 0 Å². The van der Waals surface area contributed by atoms with Gasteiger partial charge in [0.25, 0.3) is 10.0 Å². The first-order valence-electron chi connectivity index (χ1n) is 9.47. The van der Waals surface area contributed by atoms with Crippen LogP contribution in [-0.4, -0.2) is 19.4 Å². The minimum absolute atomic E-state index is 0. The zero-order valence-corrected chi connectivity index (χ0v) is 18.1. The summed E-state index contributed by atoms with van der Waals surface area (Å²) in [5.41, 5.74) is 1.94. The van der Waals surface area contributed by atoms with Crippen LogP contribution < -0.4 is 5.32 Å². The average molecular weight is 445 g/mol. The summed E-state index contributed by atoms with van der Waals surface area (Å²) >= 11 is 0. The molecule has 0 saturated heterocycles. The first-order valence-corrected chi connectivity index (χ1v) is 10.9. The molecule has 0 unspecified atom stereocenters. The number of nitrogens with zero attached hydrogens (tertiary/aromatic N) is 1. The van der Waals surface area contributed by atoms with Crippen LogP contribution in [0.25, 0.3) is 11.3 Å². The molecule has 3 aromatic rings. The summed E-state index contributed by atoms with van der Waals surface area (Å²) in [6.07, 6.45) is 3.75. The van der Waals surface area contributed by atoms with Crippen molar-refractivity contribution in [1.82, 2.24) is 9.29 Å². The summed E-state index contributed by atoms with van der Waals surface area (Å²) in [5.74, 6) is 6.16. The van der Waals surface area contributed by atoms with Crippen LogP contribution in [0.5, 0.6) is 0 Å². The van der Waals surface area contributed by atoms with E-state index in [4.69, 9.17) is 0 Å². The number of nitrogens with one attached hydrogen (secondary N) is 1. The van der Waals surface area contributed by atoms with Crippen LogP contribution in [0, 0.1) is 23.6 Å². The van der Waals surface area contributed by atoms with E-state index in [-0.39, 0.29) is 22.9 Å². The molecular formula is C23H22ClFN2O2S. The van der Waals surface area contributed by atoms with E-state index in [1.807, 2.05) is 0 Å². The van der Waals surface area contributed by atoms with Gasteiger partial charge in [0.15, 0.2) is 0 Å². The van der Waals surface area contributed by atoms with Gasteiger partial charge in [-0.05, 0) is 61.9 Å². The van der Waals surface area contributed by atoms with Gasteiger partial charge >= 0.3 is 0 Å². The minimum Gasteiger partial charge on any atom is -0.316 e. The molecule has 4 nitrogen and oxygen atoms in total. The Balaban J connectivity index is 0.00000256. The molecule has 1 N–H and O–H groups in total. The standard InChI is InChI=1S/C23H21FN2O2S.ClH/c1-25-15-19-14-23(21-7-2-3-8-22(21)24)26(16-19)29(27,28)20-6-4-5-18(13-20)12-11-17-9-10-17;/h2-8,13-14,16-17,25H,9-10,15H2,1H3;1H. The second kappa shape index (κ2) is 9.05. The molecule has 0 aliphatic heterocycles. The van der Waals surface area contributed by atoms with Crippen molar-refractivity contribution in [3.8, 4) is 23.1 Å². The van der Waals surface area contributed by atoms with Gasteiger partial charge in [-0.1, -0.05) is 30.0 Å². The molecule has 2 aromatic carbocycles. The molecule has 1 saturated carbocycles. The van der Waals surface area contributed by atoms with Crippen LogP contribution in [-0.2, 0) is 16.6 Å². The summed E-state index contributed by atoms with van der Waals surface area (Å²) in [6.45, 7) is 0.469. The molecule has 1 aliphatic rings. The molecule has 30 heavy (non-hydrogen) atoms. The molecule has 1 aliphatic carbocycles. The van der Waals surface area contributed by atoms with E-state index < -0.39 is 15.8 Å². The normalized spacial score (nSPS) is 13.3. The van der Waals surface area contributed by atoms with Gasteiger partial charge in [0.1, 0.15) is 5.82 Å². The van der Waals surface area contributed by atoms with Gasteiger partial charge in [0.05, 0.1) is 10.6 Å². The maximum Gasteiger partial charge on any atom is 0.268 e. The number of aromatic nitrogens is 1. The van der Waals surface area contributed by atoms with Gasteiger partial charge < -0.3 is 5.32 Å². The van der Waals surface area contributed by atoms with Gasteiger partial charge in [-0.15, -0.1) is 12.4 Å². The Bertz CT molecular complexity index is 1220. The Morgan fingerprint density at radius 1 is 1.13 bits per heavy atom. The molecule has 0 bridgehead atoms. The van der Waals surface area contributed by atoms with Crippen LogP contribution in [0.3, 0.4) is 0 Å². The fourth-order valence-corrected chi connectivity index (χ4v) is 4.56. The summed E-state index contributed by atoms with van der Waals surface area (Å²) in [4.78, 5) is 0.129. The maximum atomic E-state index is 14.4. The lowest BCUT2D eigenvalue weighted by molar-refractivity contribution is 0.587. The van der Waals surface area contributed by atoms with Gasteiger partial charge in [-0.25, -0.2) is 16.8 Å². The molecule has 4 rings (SSSR count). The van der Waals surface area contributed by atoms with E-state index in [2.05, 4.69) is 17.2 Å². The quantitative estimate of drug-likeness (QED) is 0.592. The second-order valence-corrected chi connectivity index (χ2v) is 8.93. The van der Waals surface area contributed by atoms with Crippen molar-refractivity contribution in [3.05, 3.63) is 77.7 Å². The zero-order valence-electron chi connectivity index (χ0n) is 16.4. The zero-order chi connectivity index (χ0) is 20.4. The Hall–Kier alpha value is -2.59. The van der Waals surface area contributed by atoms with E-state index in [0.717, 1.165) is 22.4 Å². The molecular weight excluding hydrogens is 423 g/mol. The molecule has 0 spiro atoms. The molecule has 0 atom stereocenters. The van der Waals surface area contributed by atoms with Crippen molar-refractivity contribution in [2.45, 2.75) is 24.3 Å². The van der Waals surface area contributed by atoms with Crippen molar-refractivity contribution < 1.29 is 12.8 Å². The van der Waals surface area contributed by atoms with E-state index >= 15 is 0 Å². The smallest absolute Gasteiger partial charge is 0.268 e. The average Bonchev–Trinajstić information content (AvgIpc) is 3.45. The fraction of sp³-hybridized carbons (Fsp3) is 0.217. The minimum atomic E-state index is -3.92. The Kier molecular flexibility index (Phi) is 6.67. The summed E-state index contributed by atoms with van der Waals surface area (Å²) < 4.78 is 42.5. The highest BCUT2D eigenvalue weighted by atomic mass is 35.5. The Morgan fingerprint density at radius 3 is 2.60 bits per heavy atom. The molecule has 1 aromatic heterocycles. The first kappa shape index (κ1) is 22.1. The topological polar surface area (TPSA) is 51.1 Å². The maximum absolute atomic E-state index is 14.4. The highest BCUT2D eigenvalue weighted by molar-refractivity contribution is 7.90. The van der Waals surface area contributed by atoms with Crippen molar-refractivity contribution in [3.63, 3.8) is 0 Å². The van der Waals surface area contributed by atoms with Crippen LogP contribution in [0.4, 0.5) is 4.39 Å². The molecule has 156 valence electrons. The van der Waals surface area contributed by atoms with Gasteiger partial charge in [-0.3, -0.25) is 0 Å². The van der Waals surface area contributed by atoms with Crippen LogP contribution in [0.15, 0.2) is 65.7 Å². The third kappa shape index (κ3) is 4.59. The third-order valence-corrected chi connectivity index (χ3v) is 6.43. The SMILES string of the molecule is CNCc1cc(-c2ccccc2F)n(S(=O)(=O)c2cccc(C#CC3CC3)c2)c1.Cl. The molecule has 0 amide bonds. The predicted octanol–water partition coefficient (Wildman–Crippen LogP) is 4.43. The van der Waals surface area contributed by atoms with Crippen molar-refractivity contribution >= 4 is 22.4 Å². The highest BCUT2D eigenvalue weighted by Crippen LogP contribution is 2.30. The number of halogens is 2. The Labute approximate surface area is 182 Å². The van der Waals surface area contributed by atoms with Gasteiger partial charge in [0, 0.05) is 29.8 Å². The fourth-order valence-electron chi connectivity index (χ4n) is 3.12. The first-order chi connectivity index (χ1) is 14.0. The van der Waals surface area contributed by atoms with E-state index in [9.17, 15) is 12.8 Å². The number of benzene rings is 2. The summed E-state index contributed by atoms with van der Waals surface area (Å²) in [6, 6.07) is 14.5. The lowest BCUT2D eigenvalue weighted by Gasteiger charge is -2.11. The monoisotopic (exact) mass is 444 g/mol.